The Bertz CT molecular complexity index is 1150. The third-order valence-electron chi connectivity index (χ3n) is 4.65. The molecule has 0 spiro atoms. The van der Waals surface area contributed by atoms with Gasteiger partial charge in [-0.3, -0.25) is 9.69 Å². The smallest absolute Gasteiger partial charge is 0.229 e. The normalized spacial score (nSPS) is 11.2. The van der Waals surface area contributed by atoms with Gasteiger partial charge in [0.25, 0.3) is 0 Å². The van der Waals surface area contributed by atoms with E-state index in [9.17, 15) is 9.18 Å². The molecule has 2 aromatic heterocycles. The first-order valence-corrected chi connectivity index (χ1v) is 12.0. The van der Waals surface area contributed by atoms with E-state index in [0.717, 1.165) is 28.1 Å². The van der Waals surface area contributed by atoms with Crippen molar-refractivity contribution in [3.8, 4) is 0 Å². The summed E-state index contributed by atoms with van der Waals surface area (Å²) >= 11 is 9.29. The molecule has 0 radical (unpaired) electrons. The summed E-state index contributed by atoms with van der Waals surface area (Å²) < 4.78 is 16.0. The summed E-state index contributed by atoms with van der Waals surface area (Å²) in [5.74, 6) is 0.350. The van der Waals surface area contributed by atoms with E-state index in [0.29, 0.717) is 28.9 Å². The zero-order valence-electron chi connectivity index (χ0n) is 16.6. The summed E-state index contributed by atoms with van der Waals surface area (Å²) in [4.78, 5) is 24.5. The molecule has 0 saturated carbocycles. The minimum Gasteiger partial charge on any atom is -0.337 e. The predicted octanol–water partition coefficient (Wildman–Crippen LogP) is 5.89. The Morgan fingerprint density at radius 2 is 2.06 bits per heavy atom. The Morgan fingerprint density at radius 3 is 2.81 bits per heavy atom. The van der Waals surface area contributed by atoms with Gasteiger partial charge in [-0.25, -0.2) is 14.4 Å². The van der Waals surface area contributed by atoms with Gasteiger partial charge in [0.2, 0.25) is 5.91 Å². The molecule has 0 atom stereocenters. The maximum Gasteiger partial charge on any atom is 0.229 e. The number of nitrogens with zero attached hydrogens (tertiary/aromatic N) is 4. The largest absolute Gasteiger partial charge is 0.337 e. The van der Waals surface area contributed by atoms with Gasteiger partial charge in [-0.15, -0.1) is 11.8 Å². The highest BCUT2D eigenvalue weighted by molar-refractivity contribution is 7.99. The molecule has 31 heavy (non-hydrogen) atoms. The van der Waals surface area contributed by atoms with Crippen LogP contribution in [0.25, 0.3) is 10.2 Å². The molecule has 160 valence electrons. The summed E-state index contributed by atoms with van der Waals surface area (Å²) in [6.45, 7) is 1.31. The molecule has 0 N–H and O–H groups in total. The fraction of sp³-hybridized carbons (Fsp3) is 0.227. The highest BCUT2D eigenvalue weighted by Crippen LogP contribution is 2.33. The quantitative estimate of drug-likeness (QED) is 0.284. The van der Waals surface area contributed by atoms with E-state index in [-0.39, 0.29) is 11.7 Å². The number of amides is 1. The number of anilines is 1. The molecule has 4 aromatic rings. The maximum atomic E-state index is 13.1. The van der Waals surface area contributed by atoms with Gasteiger partial charge in [0.1, 0.15) is 11.3 Å². The second-order valence-electron chi connectivity index (χ2n) is 6.83. The van der Waals surface area contributed by atoms with Gasteiger partial charge in [-0.05, 0) is 42.8 Å². The molecule has 2 heterocycles. The number of aryl methyl sites for hydroxylation is 1. The van der Waals surface area contributed by atoms with Crippen LogP contribution in [-0.2, 0) is 11.3 Å². The van der Waals surface area contributed by atoms with Crippen LogP contribution in [0.4, 0.5) is 9.52 Å². The van der Waals surface area contributed by atoms with Crippen LogP contribution in [0, 0.1) is 5.82 Å². The van der Waals surface area contributed by atoms with Crippen LogP contribution in [-0.4, -0.2) is 32.7 Å². The second-order valence-corrected chi connectivity index (χ2v) is 9.42. The van der Waals surface area contributed by atoms with E-state index in [2.05, 4.69) is 9.97 Å². The number of fused-ring (bicyclic) bond motifs is 1. The van der Waals surface area contributed by atoms with Crippen molar-refractivity contribution in [3.05, 3.63) is 72.0 Å². The summed E-state index contributed by atoms with van der Waals surface area (Å²) in [7, 11) is 0. The van der Waals surface area contributed by atoms with Crippen molar-refractivity contribution in [1.82, 2.24) is 14.5 Å². The molecular weight excluding hydrogens is 455 g/mol. The van der Waals surface area contributed by atoms with E-state index in [1.54, 1.807) is 35.6 Å². The van der Waals surface area contributed by atoms with E-state index >= 15 is 0 Å². The Morgan fingerprint density at radius 1 is 1.23 bits per heavy atom. The Balaban J connectivity index is 1.45. The number of rotatable bonds is 9. The molecule has 0 aliphatic carbocycles. The van der Waals surface area contributed by atoms with Crippen LogP contribution in [0.15, 0.2) is 66.1 Å². The number of halogens is 2. The van der Waals surface area contributed by atoms with Gasteiger partial charge in [0, 0.05) is 42.6 Å². The molecule has 9 heteroatoms. The summed E-state index contributed by atoms with van der Waals surface area (Å²) in [6, 6.07) is 12.0. The number of para-hydroxylation sites is 1. The van der Waals surface area contributed by atoms with Gasteiger partial charge >= 0.3 is 0 Å². The summed E-state index contributed by atoms with van der Waals surface area (Å²) in [5, 5.41) is 1.24. The molecule has 0 fully saturated rings. The van der Waals surface area contributed by atoms with Crippen LogP contribution in [0.1, 0.15) is 12.8 Å². The predicted molar refractivity (Wildman–Crippen MR) is 126 cm³/mol. The minimum absolute atomic E-state index is 0.00965. The molecule has 0 aliphatic heterocycles. The van der Waals surface area contributed by atoms with Crippen molar-refractivity contribution >= 4 is 56.0 Å². The number of hydrogen-bond acceptors (Lipinski definition) is 5. The SMILES string of the molecule is O=C(CCSc1ccc(F)cc1)N(CCCn1ccnc1)c1nc2c(Cl)cccc2s1. The molecule has 1 amide bonds. The first kappa shape index (κ1) is 21.8. The monoisotopic (exact) mass is 474 g/mol. The van der Waals surface area contributed by atoms with Crippen molar-refractivity contribution in [1.29, 1.82) is 0 Å². The number of imidazole rings is 1. The number of aromatic nitrogens is 3. The van der Waals surface area contributed by atoms with Crippen LogP contribution >= 0.6 is 34.7 Å². The number of benzene rings is 2. The topological polar surface area (TPSA) is 51.0 Å². The average Bonchev–Trinajstić information content (AvgIpc) is 3.43. The highest BCUT2D eigenvalue weighted by Gasteiger charge is 2.20. The lowest BCUT2D eigenvalue weighted by Crippen LogP contribution is -2.32. The van der Waals surface area contributed by atoms with Crippen molar-refractivity contribution in [2.75, 3.05) is 17.2 Å². The number of carbonyl (C=O) groups excluding carboxylic acids is 1. The lowest BCUT2D eigenvalue weighted by molar-refractivity contribution is -0.118. The second kappa shape index (κ2) is 10.3. The van der Waals surface area contributed by atoms with Gasteiger partial charge in [0.15, 0.2) is 5.13 Å². The lowest BCUT2D eigenvalue weighted by atomic mass is 10.3. The minimum atomic E-state index is -0.265. The lowest BCUT2D eigenvalue weighted by Gasteiger charge is -2.20. The number of thioether (sulfide) groups is 1. The van der Waals surface area contributed by atoms with Gasteiger partial charge in [0.05, 0.1) is 16.0 Å². The Labute approximate surface area is 192 Å². The number of hydrogen-bond donors (Lipinski definition) is 0. The molecular formula is C22H20ClFN4OS2. The molecule has 0 aliphatic rings. The van der Waals surface area contributed by atoms with E-state index in [1.807, 2.05) is 22.9 Å². The summed E-state index contributed by atoms with van der Waals surface area (Å²) in [6.07, 6.45) is 6.55. The van der Waals surface area contributed by atoms with Gasteiger partial charge < -0.3 is 4.57 Å². The molecule has 5 nitrogen and oxygen atoms in total. The third-order valence-corrected chi connectivity index (χ3v) is 7.01. The number of thiazole rings is 1. The van der Waals surface area contributed by atoms with Crippen molar-refractivity contribution in [3.63, 3.8) is 0 Å². The van der Waals surface area contributed by atoms with Crippen LogP contribution in [0.2, 0.25) is 5.02 Å². The zero-order valence-corrected chi connectivity index (χ0v) is 19.0. The fourth-order valence-corrected chi connectivity index (χ4v) is 5.25. The van der Waals surface area contributed by atoms with Crippen molar-refractivity contribution in [2.45, 2.75) is 24.3 Å². The third kappa shape index (κ3) is 5.64. The van der Waals surface area contributed by atoms with Crippen molar-refractivity contribution in [2.24, 2.45) is 0 Å². The molecule has 2 aromatic carbocycles. The zero-order chi connectivity index (χ0) is 21.6. The Kier molecular flexibility index (Phi) is 7.21. The van der Waals surface area contributed by atoms with Gasteiger partial charge in [-0.2, -0.15) is 0 Å². The van der Waals surface area contributed by atoms with Crippen LogP contribution in [0.3, 0.4) is 0 Å². The molecule has 4 rings (SSSR count). The first-order valence-electron chi connectivity index (χ1n) is 9.80. The van der Waals surface area contributed by atoms with Crippen LogP contribution in [0.5, 0.6) is 0 Å². The maximum absolute atomic E-state index is 13.1. The average molecular weight is 475 g/mol. The first-order chi connectivity index (χ1) is 15.1. The molecule has 0 saturated heterocycles. The van der Waals surface area contributed by atoms with E-state index in [1.165, 1.54) is 35.2 Å². The molecule has 0 bridgehead atoms. The highest BCUT2D eigenvalue weighted by atomic mass is 35.5. The summed E-state index contributed by atoms with van der Waals surface area (Å²) in [5.41, 5.74) is 0.720. The number of carbonyl (C=O) groups is 1. The standard InChI is InChI=1S/C22H20ClFN4OS2/c23-18-3-1-4-19-21(18)26-22(31-19)28(12-2-11-27-13-10-25-15-27)20(29)9-14-30-17-7-5-16(24)6-8-17/h1,3-8,10,13,15H,2,9,11-12,14H2. The Hall–Kier alpha value is -2.42. The van der Waals surface area contributed by atoms with E-state index in [4.69, 9.17) is 11.6 Å². The van der Waals surface area contributed by atoms with Crippen LogP contribution < -0.4 is 4.90 Å². The van der Waals surface area contributed by atoms with Gasteiger partial charge in [-0.1, -0.05) is 29.0 Å². The van der Waals surface area contributed by atoms with E-state index < -0.39 is 0 Å². The fourth-order valence-electron chi connectivity index (χ4n) is 3.10. The van der Waals surface area contributed by atoms with Crippen molar-refractivity contribution < 1.29 is 9.18 Å². The molecule has 0 unspecified atom stereocenters.